The van der Waals surface area contributed by atoms with Crippen LogP contribution in [0.4, 0.5) is 11.4 Å². The number of carbonyl (C=O) groups excluding carboxylic acids is 2. The lowest BCUT2D eigenvalue weighted by molar-refractivity contribution is 0.102. The average molecular weight is 467 g/mol. The van der Waals surface area contributed by atoms with Gasteiger partial charge in [-0.3, -0.25) is 9.59 Å². The molecule has 0 atom stereocenters. The van der Waals surface area contributed by atoms with Crippen LogP contribution in [-0.4, -0.2) is 28.5 Å². The number of hydrogen-bond donors (Lipinski definition) is 2. The van der Waals surface area contributed by atoms with Crippen molar-refractivity contribution in [2.75, 3.05) is 17.7 Å². The van der Waals surface area contributed by atoms with Crippen molar-refractivity contribution >= 4 is 23.2 Å². The van der Waals surface area contributed by atoms with Crippen LogP contribution < -0.4 is 15.4 Å². The van der Waals surface area contributed by atoms with E-state index in [0.717, 1.165) is 30.0 Å². The number of methoxy groups -OCH3 is 1. The maximum absolute atomic E-state index is 13.1. The second-order valence-corrected chi connectivity index (χ2v) is 8.46. The first-order chi connectivity index (χ1) is 17.1. The van der Waals surface area contributed by atoms with E-state index in [1.807, 2.05) is 24.3 Å². The molecular formula is C28H26N4O3. The van der Waals surface area contributed by atoms with Crippen LogP contribution in [0.2, 0.25) is 0 Å². The summed E-state index contributed by atoms with van der Waals surface area (Å²) in [4.78, 5) is 30.7. The van der Waals surface area contributed by atoms with E-state index in [1.165, 1.54) is 12.8 Å². The van der Waals surface area contributed by atoms with E-state index in [-0.39, 0.29) is 11.8 Å². The molecule has 1 aliphatic heterocycles. The van der Waals surface area contributed by atoms with E-state index in [0.29, 0.717) is 28.3 Å². The molecule has 2 amide bonds. The molecule has 0 bridgehead atoms. The second kappa shape index (κ2) is 9.85. The largest absolute Gasteiger partial charge is 0.497 e. The van der Waals surface area contributed by atoms with E-state index >= 15 is 0 Å². The van der Waals surface area contributed by atoms with Crippen LogP contribution in [0, 0.1) is 0 Å². The zero-order valence-corrected chi connectivity index (χ0v) is 19.5. The lowest BCUT2D eigenvalue weighted by atomic mass is 10.1. The zero-order chi connectivity index (χ0) is 24.2. The highest BCUT2D eigenvalue weighted by Crippen LogP contribution is 2.26. The van der Waals surface area contributed by atoms with Crippen LogP contribution in [-0.2, 0) is 13.0 Å². The molecule has 1 aliphatic rings. The Bertz CT molecular complexity index is 1350. The molecule has 0 saturated carbocycles. The minimum absolute atomic E-state index is 0.307. The number of fused-ring (bicyclic) bond motifs is 1. The average Bonchev–Trinajstić information content (AvgIpc) is 3.34. The number of carbonyl (C=O) groups is 2. The molecule has 0 aliphatic carbocycles. The number of imidazole rings is 1. The van der Waals surface area contributed by atoms with Gasteiger partial charge < -0.3 is 19.9 Å². The summed E-state index contributed by atoms with van der Waals surface area (Å²) in [6.45, 7) is 0.998. The molecule has 35 heavy (non-hydrogen) atoms. The van der Waals surface area contributed by atoms with Crippen molar-refractivity contribution in [2.24, 2.45) is 0 Å². The molecule has 7 nitrogen and oxygen atoms in total. The van der Waals surface area contributed by atoms with E-state index in [4.69, 9.17) is 9.72 Å². The van der Waals surface area contributed by atoms with Crippen LogP contribution in [0.25, 0.3) is 11.3 Å². The van der Waals surface area contributed by atoms with Crippen molar-refractivity contribution in [3.05, 3.63) is 95.9 Å². The van der Waals surface area contributed by atoms with Crippen molar-refractivity contribution in [1.82, 2.24) is 9.55 Å². The minimum Gasteiger partial charge on any atom is -0.497 e. The second-order valence-electron chi connectivity index (χ2n) is 8.46. The van der Waals surface area contributed by atoms with Crippen molar-refractivity contribution in [3.63, 3.8) is 0 Å². The Hall–Kier alpha value is -4.39. The van der Waals surface area contributed by atoms with Crippen LogP contribution >= 0.6 is 0 Å². The summed E-state index contributed by atoms with van der Waals surface area (Å²) in [5.41, 5.74) is 3.79. The van der Waals surface area contributed by atoms with Crippen LogP contribution in [0.15, 0.2) is 79.0 Å². The van der Waals surface area contributed by atoms with E-state index < -0.39 is 0 Å². The number of para-hydroxylation sites is 1. The Morgan fingerprint density at radius 3 is 2.54 bits per heavy atom. The Kier molecular flexibility index (Phi) is 6.30. The van der Waals surface area contributed by atoms with Crippen molar-refractivity contribution < 1.29 is 14.3 Å². The summed E-state index contributed by atoms with van der Waals surface area (Å²) < 4.78 is 7.36. The molecule has 2 heterocycles. The molecule has 0 fully saturated rings. The molecule has 0 radical (unpaired) electrons. The number of rotatable bonds is 6. The maximum atomic E-state index is 13.1. The van der Waals surface area contributed by atoms with Gasteiger partial charge >= 0.3 is 0 Å². The van der Waals surface area contributed by atoms with Crippen molar-refractivity contribution in [2.45, 2.75) is 25.8 Å². The summed E-state index contributed by atoms with van der Waals surface area (Å²) in [6, 6.07) is 21.4. The van der Waals surface area contributed by atoms with Gasteiger partial charge in [-0.1, -0.05) is 24.3 Å². The third-order valence-electron chi connectivity index (χ3n) is 6.10. The standard InChI is InChI=1S/C28H26N4O3/c1-35-22-14-12-19(13-15-22)27(33)31-24-10-3-2-9-23(24)28(34)29-21-8-6-7-20(17-21)25-18-32-16-5-4-11-26(32)30-25/h2-3,6-10,12-15,17-18H,4-5,11,16H2,1H3,(H,29,34)(H,31,33). The van der Waals surface area contributed by atoms with Gasteiger partial charge in [0.25, 0.3) is 11.8 Å². The fraction of sp³-hybridized carbons (Fsp3) is 0.179. The SMILES string of the molecule is COc1ccc(C(=O)Nc2ccccc2C(=O)Nc2cccc(-c3cn4c(n3)CCCC4)c2)cc1. The summed E-state index contributed by atoms with van der Waals surface area (Å²) in [5.74, 6) is 1.16. The Morgan fingerprint density at radius 2 is 1.74 bits per heavy atom. The van der Waals surface area contributed by atoms with Gasteiger partial charge in [0, 0.05) is 36.0 Å². The summed E-state index contributed by atoms with van der Waals surface area (Å²) in [6.07, 6.45) is 5.42. The van der Waals surface area contributed by atoms with Gasteiger partial charge in [-0.25, -0.2) is 4.98 Å². The fourth-order valence-corrected chi connectivity index (χ4v) is 4.23. The quantitative estimate of drug-likeness (QED) is 0.398. The predicted octanol–water partition coefficient (Wildman–Crippen LogP) is 5.40. The van der Waals surface area contributed by atoms with Crippen LogP contribution in [0.3, 0.4) is 0 Å². The first kappa shape index (κ1) is 22.4. The van der Waals surface area contributed by atoms with Gasteiger partial charge in [0.05, 0.1) is 24.1 Å². The third kappa shape index (κ3) is 4.94. The highest BCUT2D eigenvalue weighted by atomic mass is 16.5. The summed E-state index contributed by atoms with van der Waals surface area (Å²) in [7, 11) is 1.57. The number of aryl methyl sites for hydroxylation is 2. The number of nitrogens with one attached hydrogen (secondary N) is 2. The van der Waals surface area contributed by atoms with Crippen LogP contribution in [0.1, 0.15) is 39.4 Å². The molecule has 176 valence electrons. The summed E-state index contributed by atoms with van der Waals surface area (Å²) >= 11 is 0. The molecule has 0 unspecified atom stereocenters. The lowest BCUT2D eigenvalue weighted by Gasteiger charge is -2.12. The van der Waals surface area contributed by atoms with Gasteiger partial charge in [0.15, 0.2) is 0 Å². The lowest BCUT2D eigenvalue weighted by Crippen LogP contribution is -2.18. The Labute approximate surface area is 203 Å². The fourth-order valence-electron chi connectivity index (χ4n) is 4.23. The number of ether oxygens (including phenoxy) is 1. The molecule has 7 heteroatoms. The normalized spacial score (nSPS) is 12.5. The third-order valence-corrected chi connectivity index (χ3v) is 6.10. The predicted molar refractivity (Wildman–Crippen MR) is 136 cm³/mol. The number of benzene rings is 3. The van der Waals surface area contributed by atoms with E-state index in [2.05, 4.69) is 21.4 Å². The molecule has 4 aromatic rings. The van der Waals surface area contributed by atoms with Crippen molar-refractivity contribution in [1.29, 1.82) is 0 Å². The topological polar surface area (TPSA) is 85.2 Å². The minimum atomic E-state index is -0.308. The first-order valence-corrected chi connectivity index (χ1v) is 11.6. The number of hydrogen-bond acceptors (Lipinski definition) is 4. The van der Waals surface area contributed by atoms with Gasteiger partial charge in [-0.05, 0) is 61.4 Å². The maximum Gasteiger partial charge on any atom is 0.257 e. The number of amides is 2. The zero-order valence-electron chi connectivity index (χ0n) is 19.5. The van der Waals surface area contributed by atoms with E-state index in [1.54, 1.807) is 55.6 Å². The van der Waals surface area contributed by atoms with Gasteiger partial charge in [-0.15, -0.1) is 0 Å². The number of nitrogens with zero attached hydrogens (tertiary/aromatic N) is 2. The van der Waals surface area contributed by atoms with Crippen LogP contribution in [0.5, 0.6) is 5.75 Å². The molecule has 5 rings (SSSR count). The van der Waals surface area contributed by atoms with Gasteiger partial charge in [0.2, 0.25) is 0 Å². The van der Waals surface area contributed by atoms with Crippen molar-refractivity contribution in [3.8, 4) is 17.0 Å². The van der Waals surface area contributed by atoms with E-state index in [9.17, 15) is 9.59 Å². The molecular weight excluding hydrogens is 440 g/mol. The molecule has 2 N–H and O–H groups in total. The molecule has 1 aromatic heterocycles. The highest BCUT2D eigenvalue weighted by Gasteiger charge is 2.16. The Morgan fingerprint density at radius 1 is 0.914 bits per heavy atom. The van der Waals surface area contributed by atoms with Gasteiger partial charge in [-0.2, -0.15) is 0 Å². The molecule has 3 aromatic carbocycles. The Balaban J connectivity index is 1.33. The number of anilines is 2. The number of aromatic nitrogens is 2. The first-order valence-electron chi connectivity index (χ1n) is 11.6. The molecule has 0 saturated heterocycles. The summed E-state index contributed by atoms with van der Waals surface area (Å²) in [5, 5.41) is 5.80. The smallest absolute Gasteiger partial charge is 0.257 e. The monoisotopic (exact) mass is 466 g/mol. The van der Waals surface area contributed by atoms with Gasteiger partial charge in [0.1, 0.15) is 11.6 Å². The highest BCUT2D eigenvalue weighted by molar-refractivity contribution is 6.12. The molecule has 0 spiro atoms.